The number of hydrogen-bond acceptors (Lipinski definition) is 3. The van der Waals surface area contributed by atoms with Crippen LogP contribution in [0.4, 0.5) is 0 Å². The van der Waals surface area contributed by atoms with Gasteiger partial charge in [0.15, 0.2) is 10.8 Å². The van der Waals surface area contributed by atoms with Gasteiger partial charge in [0.05, 0.1) is 12.4 Å². The topological polar surface area (TPSA) is 43.6 Å². The molecule has 0 spiro atoms. The summed E-state index contributed by atoms with van der Waals surface area (Å²) in [7, 11) is 0. The Bertz CT molecular complexity index is 896. The summed E-state index contributed by atoms with van der Waals surface area (Å²) in [6, 6.07) is 20.5. The lowest BCUT2D eigenvalue weighted by Crippen LogP contribution is -2.11. The molecule has 0 bridgehead atoms. The van der Waals surface area contributed by atoms with Crippen LogP contribution in [0.25, 0.3) is 11.2 Å². The van der Waals surface area contributed by atoms with Crippen LogP contribution in [0, 0.1) is 0 Å². The molecule has 0 saturated carbocycles. The molecule has 0 atom stereocenters. The largest absolute Gasteiger partial charge is 0.315 e. The molecule has 0 aliphatic carbocycles. The molecule has 5 heteroatoms. The van der Waals surface area contributed by atoms with E-state index in [4.69, 9.17) is 11.6 Å². The van der Waals surface area contributed by atoms with Crippen molar-refractivity contribution < 1.29 is 0 Å². The molecule has 23 heavy (non-hydrogen) atoms. The predicted octanol–water partition coefficient (Wildman–Crippen LogP) is 4.12. The van der Waals surface area contributed by atoms with E-state index in [9.17, 15) is 0 Å². The number of imidazole rings is 1. The highest BCUT2D eigenvalue weighted by Crippen LogP contribution is 2.31. The van der Waals surface area contributed by atoms with Gasteiger partial charge in [-0.15, -0.1) is 0 Å². The van der Waals surface area contributed by atoms with E-state index < -0.39 is 0 Å². The lowest BCUT2D eigenvalue weighted by molar-refractivity contribution is 0.697. The Balaban J connectivity index is 1.98. The van der Waals surface area contributed by atoms with Crippen molar-refractivity contribution in [3.8, 4) is 0 Å². The zero-order chi connectivity index (χ0) is 15.6. The Morgan fingerprint density at radius 3 is 2.00 bits per heavy atom. The first kappa shape index (κ1) is 13.9. The highest BCUT2D eigenvalue weighted by molar-refractivity contribution is 6.33. The van der Waals surface area contributed by atoms with Crippen molar-refractivity contribution >= 4 is 22.8 Å². The predicted molar refractivity (Wildman–Crippen MR) is 90.5 cm³/mol. The van der Waals surface area contributed by atoms with Crippen LogP contribution in [-0.4, -0.2) is 19.5 Å². The number of aromatic nitrogens is 4. The molecule has 0 radical (unpaired) electrons. The molecule has 4 rings (SSSR count). The van der Waals surface area contributed by atoms with Gasteiger partial charge in [0.2, 0.25) is 0 Å². The Labute approximate surface area is 138 Å². The normalized spacial score (nSPS) is 11.2. The molecule has 0 fully saturated rings. The molecule has 2 aromatic heterocycles. The van der Waals surface area contributed by atoms with Gasteiger partial charge in [-0.05, 0) is 11.1 Å². The molecule has 4 nitrogen and oxygen atoms in total. The quantitative estimate of drug-likeness (QED) is 0.533. The van der Waals surface area contributed by atoms with E-state index in [0.29, 0.717) is 10.8 Å². The molecular weight excluding hydrogens is 308 g/mol. The summed E-state index contributed by atoms with van der Waals surface area (Å²) in [5.74, 6) is 0. The fourth-order valence-electron chi connectivity index (χ4n) is 2.82. The van der Waals surface area contributed by atoms with E-state index in [1.54, 1.807) is 6.33 Å². The monoisotopic (exact) mass is 320 g/mol. The first-order valence-electron chi connectivity index (χ1n) is 7.27. The van der Waals surface area contributed by atoms with E-state index >= 15 is 0 Å². The molecule has 0 N–H and O–H groups in total. The van der Waals surface area contributed by atoms with Crippen molar-refractivity contribution in [3.05, 3.63) is 89.6 Å². The van der Waals surface area contributed by atoms with E-state index in [-0.39, 0.29) is 6.04 Å². The minimum atomic E-state index is -0.0362. The van der Waals surface area contributed by atoms with Gasteiger partial charge in [0.1, 0.15) is 11.8 Å². The third-order valence-electron chi connectivity index (χ3n) is 3.83. The van der Waals surface area contributed by atoms with Gasteiger partial charge in [-0.2, -0.15) is 0 Å². The second-order valence-corrected chi connectivity index (χ2v) is 5.57. The first-order valence-corrected chi connectivity index (χ1v) is 7.65. The Morgan fingerprint density at radius 1 is 0.783 bits per heavy atom. The number of rotatable bonds is 3. The van der Waals surface area contributed by atoms with Gasteiger partial charge < -0.3 is 4.57 Å². The van der Waals surface area contributed by atoms with Gasteiger partial charge in [-0.3, -0.25) is 0 Å². The minimum absolute atomic E-state index is 0.0362. The van der Waals surface area contributed by atoms with Crippen molar-refractivity contribution in [2.24, 2.45) is 0 Å². The second-order valence-electron chi connectivity index (χ2n) is 5.21. The van der Waals surface area contributed by atoms with Crippen LogP contribution in [0.3, 0.4) is 0 Å². The maximum Gasteiger partial charge on any atom is 0.182 e. The summed E-state index contributed by atoms with van der Waals surface area (Å²) < 4.78 is 2.03. The van der Waals surface area contributed by atoms with Crippen molar-refractivity contribution in [2.75, 3.05) is 0 Å². The molecule has 0 unspecified atom stereocenters. The molecule has 2 heterocycles. The van der Waals surface area contributed by atoms with Crippen molar-refractivity contribution in [1.29, 1.82) is 0 Å². The minimum Gasteiger partial charge on any atom is -0.315 e. The van der Waals surface area contributed by atoms with Gasteiger partial charge >= 0.3 is 0 Å². The zero-order valence-electron chi connectivity index (χ0n) is 12.2. The van der Waals surface area contributed by atoms with Crippen molar-refractivity contribution in [2.45, 2.75) is 6.04 Å². The number of hydrogen-bond donors (Lipinski definition) is 0. The Hall–Kier alpha value is -2.72. The van der Waals surface area contributed by atoms with E-state index in [1.807, 2.05) is 41.0 Å². The number of benzene rings is 2. The lowest BCUT2D eigenvalue weighted by Gasteiger charge is -2.20. The van der Waals surface area contributed by atoms with Crippen molar-refractivity contribution in [1.82, 2.24) is 19.5 Å². The van der Waals surface area contributed by atoms with Crippen LogP contribution in [0.2, 0.25) is 5.15 Å². The first-order chi connectivity index (χ1) is 11.3. The summed E-state index contributed by atoms with van der Waals surface area (Å²) in [4.78, 5) is 12.7. The maximum atomic E-state index is 6.31. The number of fused-ring (bicyclic) bond motifs is 1. The van der Waals surface area contributed by atoms with Gasteiger partial charge in [-0.1, -0.05) is 72.3 Å². The van der Waals surface area contributed by atoms with E-state index in [0.717, 1.165) is 16.6 Å². The standard InChI is InChI=1S/C18H13ClN4/c19-17-16-18(21-11-20-17)22-12-23(16)15(13-7-3-1-4-8-13)14-9-5-2-6-10-14/h1-12,15H. The molecule has 0 amide bonds. The summed E-state index contributed by atoms with van der Waals surface area (Å²) in [6.07, 6.45) is 3.21. The van der Waals surface area contributed by atoms with Crippen LogP contribution in [0.15, 0.2) is 73.3 Å². The maximum absolute atomic E-state index is 6.31. The lowest BCUT2D eigenvalue weighted by atomic mass is 9.98. The van der Waals surface area contributed by atoms with Gasteiger partial charge in [0.25, 0.3) is 0 Å². The van der Waals surface area contributed by atoms with Crippen LogP contribution in [0.5, 0.6) is 0 Å². The number of halogens is 1. The van der Waals surface area contributed by atoms with Crippen LogP contribution < -0.4 is 0 Å². The van der Waals surface area contributed by atoms with Gasteiger partial charge in [-0.25, -0.2) is 15.0 Å². The third kappa shape index (κ3) is 2.47. The third-order valence-corrected chi connectivity index (χ3v) is 4.11. The molecule has 0 aliphatic heterocycles. The van der Waals surface area contributed by atoms with Crippen LogP contribution >= 0.6 is 11.6 Å². The summed E-state index contributed by atoms with van der Waals surface area (Å²) >= 11 is 6.31. The van der Waals surface area contributed by atoms with Crippen LogP contribution in [-0.2, 0) is 0 Å². The molecule has 112 valence electrons. The summed E-state index contributed by atoms with van der Waals surface area (Å²) in [6.45, 7) is 0. The SMILES string of the molecule is Clc1ncnc2ncn(C(c3ccccc3)c3ccccc3)c12. The molecule has 2 aromatic carbocycles. The van der Waals surface area contributed by atoms with E-state index in [2.05, 4.69) is 39.2 Å². The molecular formula is C18H13ClN4. The van der Waals surface area contributed by atoms with Gasteiger partial charge in [0, 0.05) is 0 Å². The Morgan fingerprint density at radius 2 is 1.39 bits per heavy atom. The average molecular weight is 321 g/mol. The average Bonchev–Trinajstić information content (AvgIpc) is 3.02. The van der Waals surface area contributed by atoms with Crippen LogP contribution in [0.1, 0.15) is 17.2 Å². The zero-order valence-corrected chi connectivity index (χ0v) is 12.9. The number of nitrogens with zero attached hydrogens (tertiary/aromatic N) is 4. The molecule has 0 aliphatic rings. The highest BCUT2D eigenvalue weighted by atomic mass is 35.5. The Kier molecular flexibility index (Phi) is 3.52. The summed E-state index contributed by atoms with van der Waals surface area (Å²) in [5.41, 5.74) is 3.64. The smallest absolute Gasteiger partial charge is 0.182 e. The fraction of sp³-hybridized carbons (Fsp3) is 0.0556. The molecule has 4 aromatic rings. The molecule has 0 saturated heterocycles. The fourth-order valence-corrected chi connectivity index (χ4v) is 3.05. The van der Waals surface area contributed by atoms with E-state index in [1.165, 1.54) is 6.33 Å². The summed E-state index contributed by atoms with van der Waals surface area (Å²) in [5, 5.41) is 0.407. The van der Waals surface area contributed by atoms with Crippen molar-refractivity contribution in [3.63, 3.8) is 0 Å². The highest BCUT2D eigenvalue weighted by Gasteiger charge is 2.20. The second kappa shape index (κ2) is 5.82.